The van der Waals surface area contributed by atoms with Gasteiger partial charge in [-0.3, -0.25) is 4.79 Å². The summed E-state index contributed by atoms with van der Waals surface area (Å²) in [4.78, 5) is 12.1. The first-order valence-corrected chi connectivity index (χ1v) is 6.71. The molecule has 2 rings (SSSR count). The molecular formula is C12H15N5OS. The monoisotopic (exact) mass is 277 g/mol. The molecule has 0 fully saturated rings. The summed E-state index contributed by atoms with van der Waals surface area (Å²) in [6, 6.07) is 7.69. The van der Waals surface area contributed by atoms with Crippen LogP contribution in [0.2, 0.25) is 0 Å². The Bertz CT molecular complexity index is 583. The van der Waals surface area contributed by atoms with Gasteiger partial charge in [-0.15, -0.1) is 5.10 Å². The lowest BCUT2D eigenvalue weighted by atomic mass is 10.2. The molecule has 0 aliphatic carbocycles. The summed E-state index contributed by atoms with van der Waals surface area (Å²) in [5, 5.41) is 14.3. The lowest BCUT2D eigenvalue weighted by Crippen LogP contribution is -2.22. The molecule has 100 valence electrons. The summed E-state index contributed by atoms with van der Waals surface area (Å²) in [6.45, 7) is 3.81. The minimum absolute atomic E-state index is 0.0707. The van der Waals surface area contributed by atoms with Gasteiger partial charge in [-0.25, -0.2) is 4.68 Å². The quantitative estimate of drug-likeness (QED) is 0.860. The van der Waals surface area contributed by atoms with E-state index in [-0.39, 0.29) is 11.2 Å². The number of nitrogens with zero attached hydrogens (tertiary/aromatic N) is 4. The number of aryl methyl sites for hydroxylation is 2. The molecule has 1 atom stereocenters. The van der Waals surface area contributed by atoms with Gasteiger partial charge in [0.15, 0.2) is 0 Å². The van der Waals surface area contributed by atoms with Crippen molar-refractivity contribution in [1.29, 1.82) is 0 Å². The fourth-order valence-corrected chi connectivity index (χ4v) is 2.25. The van der Waals surface area contributed by atoms with Crippen LogP contribution in [-0.4, -0.2) is 31.4 Å². The maximum Gasteiger partial charge on any atom is 0.237 e. The van der Waals surface area contributed by atoms with Gasteiger partial charge >= 0.3 is 0 Å². The van der Waals surface area contributed by atoms with Crippen LogP contribution < -0.4 is 5.32 Å². The Hall–Kier alpha value is -1.89. The predicted molar refractivity (Wildman–Crippen MR) is 73.9 cm³/mol. The van der Waals surface area contributed by atoms with Gasteiger partial charge < -0.3 is 5.32 Å². The Balaban J connectivity index is 1.98. The van der Waals surface area contributed by atoms with Crippen LogP contribution in [0.3, 0.4) is 0 Å². The van der Waals surface area contributed by atoms with Gasteiger partial charge in [0.05, 0.1) is 5.25 Å². The zero-order chi connectivity index (χ0) is 13.8. The molecule has 0 unspecified atom stereocenters. The highest BCUT2D eigenvalue weighted by Crippen LogP contribution is 2.21. The number of benzene rings is 1. The highest BCUT2D eigenvalue weighted by atomic mass is 32.2. The van der Waals surface area contributed by atoms with Crippen molar-refractivity contribution < 1.29 is 4.79 Å². The van der Waals surface area contributed by atoms with E-state index in [1.807, 2.05) is 38.1 Å². The average Bonchev–Trinajstić information content (AvgIpc) is 2.75. The van der Waals surface area contributed by atoms with Crippen LogP contribution >= 0.6 is 11.8 Å². The number of tetrazole rings is 1. The van der Waals surface area contributed by atoms with Crippen molar-refractivity contribution in [3.8, 4) is 0 Å². The number of aromatic nitrogens is 4. The van der Waals surface area contributed by atoms with Crippen LogP contribution in [0.4, 0.5) is 5.69 Å². The van der Waals surface area contributed by atoms with Gasteiger partial charge in [0.2, 0.25) is 11.1 Å². The highest BCUT2D eigenvalue weighted by Gasteiger charge is 2.17. The summed E-state index contributed by atoms with van der Waals surface area (Å²) in [5.74, 6) is -0.0707. The SMILES string of the molecule is Cc1cccc(NC(=O)[C@@H](C)Sc2nnnn2C)c1. The zero-order valence-electron chi connectivity index (χ0n) is 11.0. The molecule has 1 aromatic heterocycles. The van der Waals surface area contributed by atoms with Crippen molar-refractivity contribution in [2.45, 2.75) is 24.3 Å². The molecule has 1 N–H and O–H groups in total. The number of amides is 1. The molecular weight excluding hydrogens is 262 g/mol. The highest BCUT2D eigenvalue weighted by molar-refractivity contribution is 8.00. The lowest BCUT2D eigenvalue weighted by Gasteiger charge is -2.11. The molecule has 0 spiro atoms. The molecule has 0 radical (unpaired) electrons. The first-order chi connectivity index (χ1) is 9.06. The Labute approximate surface area is 115 Å². The van der Waals surface area contributed by atoms with E-state index in [9.17, 15) is 4.79 Å². The third kappa shape index (κ3) is 3.54. The van der Waals surface area contributed by atoms with Crippen LogP contribution in [0.25, 0.3) is 0 Å². The Morgan fingerprint density at radius 1 is 1.47 bits per heavy atom. The molecule has 0 saturated heterocycles. The summed E-state index contributed by atoms with van der Waals surface area (Å²) >= 11 is 1.32. The van der Waals surface area contributed by atoms with Gasteiger partial charge in [-0.1, -0.05) is 23.9 Å². The third-order valence-corrected chi connectivity index (χ3v) is 3.64. The second-order valence-corrected chi connectivity index (χ2v) is 5.51. The number of hydrogen-bond donors (Lipinski definition) is 1. The van der Waals surface area contributed by atoms with E-state index in [0.29, 0.717) is 5.16 Å². The van der Waals surface area contributed by atoms with Crippen LogP contribution in [0.15, 0.2) is 29.4 Å². The second-order valence-electron chi connectivity index (χ2n) is 4.20. The largest absolute Gasteiger partial charge is 0.325 e. The molecule has 19 heavy (non-hydrogen) atoms. The van der Waals surface area contributed by atoms with E-state index < -0.39 is 0 Å². The van der Waals surface area contributed by atoms with E-state index >= 15 is 0 Å². The lowest BCUT2D eigenvalue weighted by molar-refractivity contribution is -0.115. The van der Waals surface area contributed by atoms with Gasteiger partial charge in [-0.05, 0) is 42.0 Å². The number of nitrogens with one attached hydrogen (secondary N) is 1. The van der Waals surface area contributed by atoms with Crippen molar-refractivity contribution in [3.05, 3.63) is 29.8 Å². The first kappa shape index (κ1) is 13.5. The van der Waals surface area contributed by atoms with Crippen molar-refractivity contribution in [3.63, 3.8) is 0 Å². The summed E-state index contributed by atoms with van der Waals surface area (Å²) in [5.41, 5.74) is 1.91. The van der Waals surface area contributed by atoms with Crippen molar-refractivity contribution in [1.82, 2.24) is 20.2 Å². The first-order valence-electron chi connectivity index (χ1n) is 5.83. The number of thioether (sulfide) groups is 1. The number of carbonyl (C=O) groups is 1. The van der Waals surface area contributed by atoms with E-state index in [4.69, 9.17) is 0 Å². The number of rotatable bonds is 4. The number of anilines is 1. The van der Waals surface area contributed by atoms with E-state index in [2.05, 4.69) is 20.8 Å². The molecule has 1 heterocycles. The third-order valence-electron chi connectivity index (χ3n) is 2.52. The van der Waals surface area contributed by atoms with Gasteiger partial charge in [-0.2, -0.15) is 0 Å². The van der Waals surface area contributed by atoms with Crippen LogP contribution in [0.1, 0.15) is 12.5 Å². The standard InChI is InChI=1S/C12H15N5OS/c1-8-5-4-6-10(7-8)13-11(18)9(2)19-12-14-15-16-17(12)3/h4-7,9H,1-3H3,(H,13,18)/t9-/m1/s1. The normalized spacial score (nSPS) is 12.2. The Kier molecular flexibility index (Phi) is 4.16. The van der Waals surface area contributed by atoms with Gasteiger partial charge in [0.25, 0.3) is 0 Å². The van der Waals surface area contributed by atoms with Crippen molar-refractivity contribution in [2.24, 2.45) is 7.05 Å². The van der Waals surface area contributed by atoms with Crippen LogP contribution in [0, 0.1) is 6.92 Å². The Morgan fingerprint density at radius 2 is 2.26 bits per heavy atom. The van der Waals surface area contributed by atoms with Crippen LogP contribution in [-0.2, 0) is 11.8 Å². The Morgan fingerprint density at radius 3 is 2.89 bits per heavy atom. The van der Waals surface area contributed by atoms with E-state index in [1.165, 1.54) is 11.8 Å². The van der Waals surface area contributed by atoms with E-state index in [1.54, 1.807) is 11.7 Å². The molecule has 6 nitrogen and oxygen atoms in total. The summed E-state index contributed by atoms with van der Waals surface area (Å²) in [7, 11) is 1.74. The molecule has 0 aliphatic heterocycles. The van der Waals surface area contributed by atoms with Crippen LogP contribution in [0.5, 0.6) is 0 Å². The van der Waals surface area contributed by atoms with Crippen molar-refractivity contribution in [2.75, 3.05) is 5.32 Å². The average molecular weight is 277 g/mol. The zero-order valence-corrected chi connectivity index (χ0v) is 11.8. The minimum atomic E-state index is -0.273. The molecule has 1 aromatic carbocycles. The maximum absolute atomic E-state index is 12.1. The fourth-order valence-electron chi connectivity index (χ4n) is 1.50. The predicted octanol–water partition coefficient (Wildman–Crippen LogP) is 1.64. The molecule has 2 aromatic rings. The number of carbonyl (C=O) groups excluding carboxylic acids is 1. The topological polar surface area (TPSA) is 72.7 Å². The second kappa shape index (κ2) is 5.83. The fraction of sp³-hybridized carbons (Fsp3) is 0.333. The van der Waals surface area contributed by atoms with E-state index in [0.717, 1.165) is 11.3 Å². The molecule has 0 saturated carbocycles. The number of hydrogen-bond acceptors (Lipinski definition) is 5. The smallest absolute Gasteiger partial charge is 0.237 e. The molecule has 0 aliphatic rings. The van der Waals surface area contributed by atoms with Crippen molar-refractivity contribution >= 4 is 23.4 Å². The molecule has 0 bridgehead atoms. The van der Waals surface area contributed by atoms with Gasteiger partial charge in [0.1, 0.15) is 0 Å². The summed E-state index contributed by atoms with van der Waals surface area (Å²) < 4.78 is 1.54. The minimum Gasteiger partial charge on any atom is -0.325 e. The molecule has 7 heteroatoms. The van der Waals surface area contributed by atoms with Gasteiger partial charge in [0, 0.05) is 12.7 Å². The molecule has 1 amide bonds. The maximum atomic E-state index is 12.1. The summed E-state index contributed by atoms with van der Waals surface area (Å²) in [6.07, 6.45) is 0.